The summed E-state index contributed by atoms with van der Waals surface area (Å²) in [5.74, 6) is -0.505. The van der Waals surface area contributed by atoms with Gasteiger partial charge in [0.25, 0.3) is 5.56 Å². The van der Waals surface area contributed by atoms with Crippen LogP contribution < -0.4 is 26.5 Å². The highest BCUT2D eigenvalue weighted by Crippen LogP contribution is 2.30. The van der Waals surface area contributed by atoms with Crippen LogP contribution in [0.1, 0.15) is 12.0 Å². The summed E-state index contributed by atoms with van der Waals surface area (Å²) in [5.41, 5.74) is 5.27. The lowest BCUT2D eigenvalue weighted by Gasteiger charge is -2.12. The number of nitrogens with two attached hydrogens (primary N) is 1. The van der Waals surface area contributed by atoms with Crippen LogP contribution in [0.25, 0.3) is 11.2 Å². The predicted molar refractivity (Wildman–Crippen MR) is 134 cm³/mol. The van der Waals surface area contributed by atoms with Crippen LogP contribution >= 0.6 is 24.0 Å². The number of rotatable bonds is 8. The van der Waals surface area contributed by atoms with Crippen LogP contribution in [0.3, 0.4) is 0 Å². The first-order valence-corrected chi connectivity index (χ1v) is 11.1. The average Bonchev–Trinajstić information content (AvgIpc) is 3.16. The third-order valence-electron chi connectivity index (χ3n) is 5.29. The fraction of sp³-hybridized carbons (Fsp3) is 0.261. The molecule has 9 nitrogen and oxygen atoms in total. The second-order valence-electron chi connectivity index (χ2n) is 7.84. The summed E-state index contributed by atoms with van der Waals surface area (Å²) in [4.78, 5) is 30.5. The van der Waals surface area contributed by atoms with Gasteiger partial charge < -0.3 is 15.2 Å². The Morgan fingerprint density at radius 2 is 1.73 bits per heavy atom. The molecular weight excluding hydrogens is 538 g/mol. The standard InChI is InChI=1S/C23H21ClF3N5O4.ClH/c1-30-19-18(20(33)31(22(30)34)11-3-10-28)32(13-14-6-8-15(24)9-7-14)21(29-19)35-16-4-2-5-17(12-16)36-23(25,26)27;/h2,4-9,12H,3,10-11,13,28H2,1H3;1H. The number of hydrogen-bond acceptors (Lipinski definition) is 6. The van der Waals surface area contributed by atoms with Crippen LogP contribution in [0.2, 0.25) is 5.02 Å². The number of ether oxygens (including phenoxy) is 2. The molecule has 0 aliphatic rings. The van der Waals surface area contributed by atoms with E-state index in [2.05, 4.69) is 9.72 Å². The van der Waals surface area contributed by atoms with Gasteiger partial charge in [0, 0.05) is 24.7 Å². The Bertz CT molecular complexity index is 1510. The summed E-state index contributed by atoms with van der Waals surface area (Å²) < 4.78 is 51.5. The van der Waals surface area contributed by atoms with Crippen molar-refractivity contribution in [3.63, 3.8) is 0 Å². The third kappa shape index (κ3) is 6.27. The van der Waals surface area contributed by atoms with Crippen molar-refractivity contribution in [3.8, 4) is 17.5 Å². The smallest absolute Gasteiger partial charge is 0.425 e. The molecule has 2 aromatic heterocycles. The van der Waals surface area contributed by atoms with Gasteiger partial charge in [-0.05, 0) is 42.8 Å². The first kappa shape index (κ1) is 28.1. The van der Waals surface area contributed by atoms with E-state index < -0.39 is 23.4 Å². The number of hydrogen-bond donors (Lipinski definition) is 1. The Hall–Kier alpha value is -3.48. The van der Waals surface area contributed by atoms with E-state index in [1.807, 2.05) is 0 Å². The number of nitrogens with zero attached hydrogens (tertiary/aromatic N) is 4. The molecule has 198 valence electrons. The van der Waals surface area contributed by atoms with Gasteiger partial charge in [-0.2, -0.15) is 4.98 Å². The zero-order chi connectivity index (χ0) is 26.0. The van der Waals surface area contributed by atoms with Gasteiger partial charge >= 0.3 is 18.1 Å². The number of benzene rings is 2. The van der Waals surface area contributed by atoms with Crippen molar-refractivity contribution in [2.75, 3.05) is 6.54 Å². The second-order valence-corrected chi connectivity index (χ2v) is 8.28. The maximum Gasteiger partial charge on any atom is 0.573 e. The van der Waals surface area contributed by atoms with Crippen LogP contribution in [0.4, 0.5) is 13.2 Å². The second kappa shape index (κ2) is 11.3. The lowest BCUT2D eigenvalue weighted by atomic mass is 10.2. The summed E-state index contributed by atoms with van der Waals surface area (Å²) >= 11 is 5.98. The first-order chi connectivity index (χ1) is 17.1. The molecule has 14 heteroatoms. The molecule has 0 unspecified atom stereocenters. The first-order valence-electron chi connectivity index (χ1n) is 10.8. The Labute approximate surface area is 219 Å². The SMILES string of the molecule is Cl.Cn1c(=O)n(CCCN)c(=O)c2c1nc(Oc1cccc(OC(F)(F)F)c1)n2Cc1ccc(Cl)cc1. The number of halogens is 5. The number of imidazole rings is 1. The van der Waals surface area contributed by atoms with E-state index in [-0.39, 0.29) is 55.0 Å². The highest BCUT2D eigenvalue weighted by molar-refractivity contribution is 6.30. The molecule has 4 rings (SSSR count). The third-order valence-corrected chi connectivity index (χ3v) is 5.54. The number of fused-ring (bicyclic) bond motifs is 1. The molecule has 0 aliphatic carbocycles. The molecule has 2 aromatic carbocycles. The normalized spacial score (nSPS) is 11.4. The van der Waals surface area contributed by atoms with Crippen molar-refractivity contribution < 1.29 is 22.6 Å². The maximum atomic E-state index is 13.4. The minimum Gasteiger partial charge on any atom is -0.425 e. The van der Waals surface area contributed by atoms with Crippen LogP contribution in [0, 0.1) is 0 Å². The zero-order valence-corrected chi connectivity index (χ0v) is 20.9. The quantitative estimate of drug-likeness (QED) is 0.349. The van der Waals surface area contributed by atoms with Gasteiger partial charge in [0.15, 0.2) is 11.2 Å². The Morgan fingerprint density at radius 3 is 2.38 bits per heavy atom. The fourth-order valence-corrected chi connectivity index (χ4v) is 3.76. The molecule has 0 amide bonds. The van der Waals surface area contributed by atoms with E-state index in [1.54, 1.807) is 24.3 Å². The van der Waals surface area contributed by atoms with E-state index >= 15 is 0 Å². The maximum absolute atomic E-state index is 13.4. The zero-order valence-electron chi connectivity index (χ0n) is 19.4. The van der Waals surface area contributed by atoms with Crippen LogP contribution in [-0.4, -0.2) is 31.6 Å². The topological polar surface area (TPSA) is 106 Å². The van der Waals surface area contributed by atoms with Crippen molar-refractivity contribution in [2.45, 2.75) is 25.9 Å². The molecule has 37 heavy (non-hydrogen) atoms. The molecule has 2 heterocycles. The Morgan fingerprint density at radius 1 is 1.05 bits per heavy atom. The Kier molecular flexibility index (Phi) is 8.57. The van der Waals surface area contributed by atoms with E-state index in [0.717, 1.165) is 22.3 Å². The minimum absolute atomic E-state index is 0. The molecular formula is C23H22Cl2F3N5O4. The summed E-state index contributed by atoms with van der Waals surface area (Å²) in [6.07, 6.45) is -4.48. The van der Waals surface area contributed by atoms with Gasteiger partial charge in [-0.25, -0.2) is 4.79 Å². The van der Waals surface area contributed by atoms with Crippen molar-refractivity contribution >= 4 is 35.2 Å². The van der Waals surface area contributed by atoms with Crippen LogP contribution in [-0.2, 0) is 20.1 Å². The van der Waals surface area contributed by atoms with Gasteiger partial charge in [0.05, 0.1) is 6.54 Å². The van der Waals surface area contributed by atoms with Crippen LogP contribution in [0.15, 0.2) is 58.1 Å². The van der Waals surface area contributed by atoms with Crippen LogP contribution in [0.5, 0.6) is 17.5 Å². The van der Waals surface area contributed by atoms with E-state index in [0.29, 0.717) is 11.4 Å². The molecule has 0 spiro atoms. The minimum atomic E-state index is -4.88. The van der Waals surface area contributed by atoms with Crippen molar-refractivity contribution in [1.29, 1.82) is 0 Å². The molecule has 0 bridgehead atoms. The molecule has 0 radical (unpaired) electrons. The fourth-order valence-electron chi connectivity index (χ4n) is 3.64. The van der Waals surface area contributed by atoms with Crippen molar-refractivity contribution in [1.82, 2.24) is 18.7 Å². The molecule has 0 atom stereocenters. The molecule has 0 saturated carbocycles. The number of alkyl halides is 3. The van der Waals surface area contributed by atoms with Crippen molar-refractivity contribution in [3.05, 3.63) is 80.0 Å². The van der Waals surface area contributed by atoms with Gasteiger partial charge in [-0.1, -0.05) is 29.8 Å². The van der Waals surface area contributed by atoms with Gasteiger partial charge in [0.1, 0.15) is 11.5 Å². The van der Waals surface area contributed by atoms with Gasteiger partial charge in [0.2, 0.25) is 0 Å². The van der Waals surface area contributed by atoms with Gasteiger partial charge in [-0.15, -0.1) is 25.6 Å². The monoisotopic (exact) mass is 559 g/mol. The van der Waals surface area contributed by atoms with E-state index in [4.69, 9.17) is 22.1 Å². The van der Waals surface area contributed by atoms with Crippen molar-refractivity contribution in [2.24, 2.45) is 12.8 Å². The lowest BCUT2D eigenvalue weighted by molar-refractivity contribution is -0.274. The largest absolute Gasteiger partial charge is 0.573 e. The van der Waals surface area contributed by atoms with Gasteiger partial charge in [-0.3, -0.25) is 18.5 Å². The summed E-state index contributed by atoms with van der Waals surface area (Å²) in [5, 5.41) is 0.513. The Balaban J connectivity index is 0.00000380. The molecule has 4 aromatic rings. The number of aromatic nitrogens is 4. The number of aryl methyl sites for hydroxylation is 1. The predicted octanol–water partition coefficient (Wildman–Crippen LogP) is 4.06. The molecule has 2 N–H and O–H groups in total. The molecule has 0 fully saturated rings. The highest BCUT2D eigenvalue weighted by Gasteiger charge is 2.31. The van der Waals surface area contributed by atoms with E-state index in [9.17, 15) is 22.8 Å². The summed E-state index contributed by atoms with van der Waals surface area (Å²) in [7, 11) is 1.46. The molecule has 0 saturated heterocycles. The highest BCUT2D eigenvalue weighted by atomic mass is 35.5. The lowest BCUT2D eigenvalue weighted by Crippen LogP contribution is -2.40. The summed E-state index contributed by atoms with van der Waals surface area (Å²) in [6.45, 7) is 0.492. The average molecular weight is 560 g/mol. The summed E-state index contributed by atoms with van der Waals surface area (Å²) in [6, 6.07) is 11.6. The molecule has 0 aliphatic heterocycles. The van der Waals surface area contributed by atoms with E-state index in [1.165, 1.54) is 28.3 Å².